The summed E-state index contributed by atoms with van der Waals surface area (Å²) in [5.41, 5.74) is -2.14. The molecule has 0 spiro atoms. The average Bonchev–Trinajstić information content (AvgIpc) is 2.69. The van der Waals surface area contributed by atoms with Gasteiger partial charge in [-0.15, -0.1) is 0 Å². The van der Waals surface area contributed by atoms with Crippen LogP contribution in [0.1, 0.15) is 11.1 Å². The number of amides is 2. The minimum absolute atomic E-state index is 0.172. The third-order valence-electron chi connectivity index (χ3n) is 3.17. The van der Waals surface area contributed by atoms with E-state index in [0.29, 0.717) is 6.07 Å². The molecule has 5 nitrogen and oxygen atoms in total. The summed E-state index contributed by atoms with van der Waals surface area (Å²) in [7, 11) is 0. The Morgan fingerprint density at radius 1 is 1.26 bits per heavy atom. The molecule has 1 aliphatic rings. The van der Waals surface area contributed by atoms with Gasteiger partial charge in [-0.05, 0) is 24.6 Å². The highest BCUT2D eigenvalue weighted by molar-refractivity contribution is 6.17. The summed E-state index contributed by atoms with van der Waals surface area (Å²) in [6.07, 6.45) is -3.98. The number of alkyl halides is 3. The lowest BCUT2D eigenvalue weighted by atomic mass is 10.1. The number of carbonyl (C=O) groups excluding carboxylic acids is 2. The van der Waals surface area contributed by atoms with E-state index in [0.717, 1.165) is 24.0 Å². The number of aryl methyl sites for hydroxylation is 1. The smallest absolute Gasteiger partial charge is 0.395 e. The van der Waals surface area contributed by atoms with Gasteiger partial charge in [0.1, 0.15) is 11.5 Å². The van der Waals surface area contributed by atoms with Crippen molar-refractivity contribution in [2.24, 2.45) is 0 Å². The molecule has 0 bridgehead atoms. The molecular weight excluding hydrogens is 320 g/mol. The quantitative estimate of drug-likeness (QED) is 0.652. The van der Waals surface area contributed by atoms with Crippen LogP contribution in [-0.4, -0.2) is 35.0 Å². The van der Waals surface area contributed by atoms with Gasteiger partial charge < -0.3 is 10.4 Å². The first kappa shape index (κ1) is 16.9. The van der Waals surface area contributed by atoms with Gasteiger partial charge in [0, 0.05) is 11.8 Å². The Morgan fingerprint density at radius 2 is 1.91 bits per heavy atom. The summed E-state index contributed by atoms with van der Waals surface area (Å²) in [6.45, 7) is 0.492. The molecule has 0 saturated carbocycles. The normalized spacial score (nSPS) is 15.2. The number of rotatable bonds is 4. The zero-order valence-electron chi connectivity index (χ0n) is 11.9. The zero-order chi connectivity index (χ0) is 17.4. The van der Waals surface area contributed by atoms with Crippen molar-refractivity contribution in [1.82, 2.24) is 4.90 Å². The number of aliphatic hydroxyl groups is 1. The van der Waals surface area contributed by atoms with E-state index in [1.165, 1.54) is 0 Å². The van der Waals surface area contributed by atoms with E-state index in [1.807, 2.05) is 0 Å². The molecule has 1 aliphatic heterocycles. The Morgan fingerprint density at radius 3 is 2.48 bits per heavy atom. The summed E-state index contributed by atoms with van der Waals surface area (Å²) in [5, 5.41) is 11.2. The van der Waals surface area contributed by atoms with Crippen LogP contribution in [-0.2, 0) is 15.8 Å². The van der Waals surface area contributed by atoms with Crippen LogP contribution in [0.2, 0.25) is 0 Å². The molecule has 0 aromatic heterocycles. The molecule has 1 heterocycles. The van der Waals surface area contributed by atoms with Gasteiger partial charge in [-0.3, -0.25) is 14.5 Å². The van der Waals surface area contributed by atoms with Gasteiger partial charge in [-0.2, -0.15) is 13.2 Å². The molecule has 0 radical (unpaired) electrons. The van der Waals surface area contributed by atoms with Gasteiger partial charge in [0.05, 0.1) is 18.7 Å². The molecule has 9 heteroatoms. The lowest BCUT2D eigenvalue weighted by molar-refractivity contribution is -0.140. The highest BCUT2D eigenvalue weighted by Crippen LogP contribution is 2.35. The van der Waals surface area contributed by atoms with Crippen LogP contribution in [0.5, 0.6) is 0 Å². The van der Waals surface area contributed by atoms with Crippen molar-refractivity contribution in [3.8, 4) is 0 Å². The summed E-state index contributed by atoms with van der Waals surface area (Å²) >= 11 is 0. The van der Waals surface area contributed by atoms with Crippen LogP contribution in [0.15, 0.2) is 23.9 Å². The number of nitrogens with zero attached hydrogens (tertiary/aromatic N) is 1. The predicted molar refractivity (Wildman–Crippen MR) is 71.7 cm³/mol. The van der Waals surface area contributed by atoms with E-state index in [9.17, 15) is 27.2 Å². The SMILES string of the molecule is Cc1cc(NC2=CC(=O)N(CCO)C2=O)cc(C(F)(F)F)c1F. The van der Waals surface area contributed by atoms with Gasteiger partial charge in [0.25, 0.3) is 11.8 Å². The number of aliphatic hydroxyl groups excluding tert-OH is 1. The molecule has 2 rings (SSSR count). The van der Waals surface area contributed by atoms with Crippen molar-refractivity contribution in [1.29, 1.82) is 0 Å². The standard InChI is InChI=1S/C14H12F4N2O3/c1-7-4-8(5-9(12(7)15)14(16,17)18)19-10-6-11(22)20(2-3-21)13(10)23/h4-6,19,21H,2-3H2,1H3. The summed E-state index contributed by atoms with van der Waals surface area (Å²) in [5.74, 6) is -2.87. The first-order valence-electron chi connectivity index (χ1n) is 6.48. The maximum atomic E-state index is 13.6. The monoisotopic (exact) mass is 332 g/mol. The fourth-order valence-corrected chi connectivity index (χ4v) is 2.11. The molecule has 0 fully saturated rings. The molecule has 0 unspecified atom stereocenters. The van der Waals surface area contributed by atoms with Crippen molar-refractivity contribution in [3.05, 3.63) is 40.8 Å². The van der Waals surface area contributed by atoms with Crippen LogP contribution in [0.25, 0.3) is 0 Å². The Bertz CT molecular complexity index is 698. The highest BCUT2D eigenvalue weighted by Gasteiger charge is 2.36. The third kappa shape index (κ3) is 3.34. The third-order valence-corrected chi connectivity index (χ3v) is 3.17. The number of hydrogen-bond acceptors (Lipinski definition) is 4. The molecule has 1 aromatic rings. The number of imide groups is 1. The zero-order valence-corrected chi connectivity index (χ0v) is 11.9. The van der Waals surface area contributed by atoms with E-state index in [2.05, 4.69) is 5.32 Å². The van der Waals surface area contributed by atoms with E-state index in [1.54, 1.807) is 0 Å². The van der Waals surface area contributed by atoms with Crippen LogP contribution < -0.4 is 5.32 Å². The van der Waals surface area contributed by atoms with Crippen LogP contribution in [0.3, 0.4) is 0 Å². The number of hydrogen-bond donors (Lipinski definition) is 2. The Balaban J connectivity index is 2.32. The lowest BCUT2D eigenvalue weighted by Crippen LogP contribution is -2.34. The predicted octanol–water partition coefficient (Wildman–Crippen LogP) is 1.81. The van der Waals surface area contributed by atoms with Crippen molar-refractivity contribution in [3.63, 3.8) is 0 Å². The molecule has 23 heavy (non-hydrogen) atoms. The molecule has 2 N–H and O–H groups in total. The highest BCUT2D eigenvalue weighted by atomic mass is 19.4. The van der Waals surface area contributed by atoms with Gasteiger partial charge in [0.15, 0.2) is 0 Å². The maximum absolute atomic E-state index is 13.6. The topological polar surface area (TPSA) is 69.6 Å². The first-order valence-corrected chi connectivity index (χ1v) is 6.48. The number of nitrogens with one attached hydrogen (secondary N) is 1. The largest absolute Gasteiger partial charge is 0.419 e. The summed E-state index contributed by atoms with van der Waals surface area (Å²) < 4.78 is 51.9. The van der Waals surface area contributed by atoms with Gasteiger partial charge in [0.2, 0.25) is 0 Å². The second kappa shape index (κ2) is 5.99. The number of carbonyl (C=O) groups is 2. The Kier molecular flexibility index (Phi) is 4.42. The molecule has 0 saturated heterocycles. The van der Waals surface area contributed by atoms with Gasteiger partial charge >= 0.3 is 6.18 Å². The number of halogens is 4. The second-order valence-electron chi connectivity index (χ2n) is 4.85. The minimum Gasteiger partial charge on any atom is -0.395 e. The summed E-state index contributed by atoms with van der Waals surface area (Å²) in [4.78, 5) is 24.2. The van der Waals surface area contributed by atoms with Gasteiger partial charge in [-0.1, -0.05) is 0 Å². The minimum atomic E-state index is -4.89. The molecular formula is C14H12F4N2O3. The molecule has 0 aliphatic carbocycles. The lowest BCUT2D eigenvalue weighted by Gasteiger charge is -2.15. The average molecular weight is 332 g/mol. The van der Waals surface area contributed by atoms with E-state index in [4.69, 9.17) is 5.11 Å². The second-order valence-corrected chi connectivity index (χ2v) is 4.85. The van der Waals surface area contributed by atoms with Crippen LogP contribution in [0, 0.1) is 12.7 Å². The fourth-order valence-electron chi connectivity index (χ4n) is 2.11. The number of benzene rings is 1. The van der Waals surface area contributed by atoms with Crippen LogP contribution >= 0.6 is 0 Å². The van der Waals surface area contributed by atoms with Crippen molar-refractivity contribution < 1.29 is 32.3 Å². The maximum Gasteiger partial charge on any atom is 0.419 e. The number of β-amino-alcohol motifs (C(OH)–C–C–N with tert-alkyl or cyclic N) is 1. The van der Waals surface area contributed by atoms with E-state index < -0.39 is 36.0 Å². The molecule has 2 amide bonds. The Labute approximate surface area is 128 Å². The molecule has 0 atom stereocenters. The number of anilines is 1. The van der Waals surface area contributed by atoms with Gasteiger partial charge in [-0.25, -0.2) is 4.39 Å². The van der Waals surface area contributed by atoms with Crippen molar-refractivity contribution in [2.75, 3.05) is 18.5 Å². The molecule has 124 valence electrons. The molecule has 1 aromatic carbocycles. The van der Waals surface area contributed by atoms with Crippen molar-refractivity contribution >= 4 is 17.5 Å². The fraction of sp³-hybridized carbons (Fsp3) is 0.286. The van der Waals surface area contributed by atoms with E-state index >= 15 is 0 Å². The Hall–Kier alpha value is -2.42. The first-order chi connectivity index (χ1) is 10.6. The summed E-state index contributed by atoms with van der Waals surface area (Å²) in [6, 6.07) is 1.62. The van der Waals surface area contributed by atoms with Crippen LogP contribution in [0.4, 0.5) is 23.2 Å². The van der Waals surface area contributed by atoms with Crippen molar-refractivity contribution in [2.45, 2.75) is 13.1 Å². The van der Waals surface area contributed by atoms with E-state index in [-0.39, 0.29) is 23.5 Å².